The minimum Gasteiger partial charge on any atom is -0.478 e. The van der Waals surface area contributed by atoms with Crippen molar-refractivity contribution in [3.8, 4) is 0 Å². The minimum atomic E-state index is -1.39. The van der Waals surface area contributed by atoms with E-state index in [1.54, 1.807) is 0 Å². The summed E-state index contributed by atoms with van der Waals surface area (Å²) in [5, 5.41) is 20.4. The van der Waals surface area contributed by atoms with Crippen molar-refractivity contribution in [3.63, 3.8) is 0 Å². The second-order valence-electron chi connectivity index (χ2n) is 3.17. The van der Waals surface area contributed by atoms with Gasteiger partial charge in [-0.25, -0.2) is 9.78 Å². The minimum absolute atomic E-state index is 0.0130. The molecule has 17 heavy (non-hydrogen) atoms. The molecular weight excluding hydrogens is 250 g/mol. The van der Waals surface area contributed by atoms with Gasteiger partial charge >= 0.3 is 5.97 Å². The summed E-state index contributed by atoms with van der Waals surface area (Å²) in [6.07, 6.45) is -1.39. The van der Waals surface area contributed by atoms with Crippen LogP contribution in [-0.2, 0) is 4.79 Å². The van der Waals surface area contributed by atoms with Crippen molar-refractivity contribution in [1.29, 1.82) is 0 Å². The zero-order chi connectivity index (χ0) is 13.0. The lowest BCUT2D eigenvalue weighted by Gasteiger charge is -2.09. The van der Waals surface area contributed by atoms with Crippen LogP contribution in [0.2, 0.25) is 5.15 Å². The molecule has 0 radical (unpaired) electrons. The summed E-state index contributed by atoms with van der Waals surface area (Å²) < 4.78 is 0. The molecule has 1 atom stereocenters. The number of pyridine rings is 1. The number of aromatic nitrogens is 1. The lowest BCUT2D eigenvalue weighted by Crippen LogP contribution is -2.34. The standard InChI is InChI=1S/C9H10ClN3O4/c10-6-1-4(9(16)17)2-7(13-6)12-3-5(14)8(11)15/h1-2,5,14H,3H2,(H2,11,15)(H,12,13)(H,16,17). The van der Waals surface area contributed by atoms with E-state index in [1.165, 1.54) is 12.1 Å². The predicted octanol–water partition coefficient (Wildman–Crippen LogP) is -0.309. The molecule has 1 amide bonds. The van der Waals surface area contributed by atoms with Crippen LogP contribution in [0.15, 0.2) is 12.1 Å². The van der Waals surface area contributed by atoms with Crippen LogP contribution in [0, 0.1) is 0 Å². The Bertz CT molecular complexity index is 452. The molecule has 0 bridgehead atoms. The zero-order valence-electron chi connectivity index (χ0n) is 8.55. The zero-order valence-corrected chi connectivity index (χ0v) is 9.31. The Hall–Kier alpha value is -1.86. The summed E-state index contributed by atoms with van der Waals surface area (Å²) >= 11 is 5.60. The highest BCUT2D eigenvalue weighted by Gasteiger charge is 2.12. The van der Waals surface area contributed by atoms with Crippen molar-refractivity contribution in [2.75, 3.05) is 11.9 Å². The Morgan fingerprint density at radius 3 is 2.71 bits per heavy atom. The maximum Gasteiger partial charge on any atom is 0.335 e. The molecule has 0 saturated heterocycles. The molecule has 1 heterocycles. The predicted molar refractivity (Wildman–Crippen MR) is 59.9 cm³/mol. The number of carbonyl (C=O) groups excluding carboxylic acids is 1. The van der Waals surface area contributed by atoms with Crippen LogP contribution in [0.3, 0.4) is 0 Å². The van der Waals surface area contributed by atoms with Crippen molar-refractivity contribution in [2.24, 2.45) is 5.73 Å². The molecule has 0 aliphatic rings. The first kappa shape index (κ1) is 13.2. The second-order valence-corrected chi connectivity index (χ2v) is 3.56. The summed E-state index contributed by atoms with van der Waals surface area (Å²) in [4.78, 5) is 25.0. The van der Waals surface area contributed by atoms with Gasteiger partial charge in [-0.3, -0.25) is 4.79 Å². The lowest BCUT2D eigenvalue weighted by molar-refractivity contribution is -0.125. The van der Waals surface area contributed by atoms with Gasteiger partial charge < -0.3 is 21.3 Å². The van der Waals surface area contributed by atoms with Gasteiger partial charge in [-0.2, -0.15) is 0 Å². The molecular formula is C9H10ClN3O4. The van der Waals surface area contributed by atoms with Crippen LogP contribution in [0.25, 0.3) is 0 Å². The normalized spacial score (nSPS) is 11.9. The van der Waals surface area contributed by atoms with Crippen LogP contribution in [0.5, 0.6) is 0 Å². The molecule has 1 aromatic heterocycles. The molecule has 0 saturated carbocycles. The summed E-state index contributed by atoms with van der Waals surface area (Å²) in [5.74, 6) is -1.92. The van der Waals surface area contributed by atoms with Gasteiger partial charge in [-0.15, -0.1) is 0 Å². The summed E-state index contributed by atoms with van der Waals surface area (Å²) in [6.45, 7) is -0.179. The van der Waals surface area contributed by atoms with Crippen molar-refractivity contribution in [2.45, 2.75) is 6.10 Å². The van der Waals surface area contributed by atoms with Crippen LogP contribution >= 0.6 is 11.6 Å². The third-order valence-electron chi connectivity index (χ3n) is 1.85. The fourth-order valence-electron chi connectivity index (χ4n) is 1.01. The molecule has 7 nitrogen and oxygen atoms in total. The molecule has 92 valence electrons. The van der Waals surface area contributed by atoms with E-state index in [0.29, 0.717) is 0 Å². The number of nitrogens with one attached hydrogen (secondary N) is 1. The average Bonchev–Trinajstić information content (AvgIpc) is 2.24. The number of carbonyl (C=O) groups is 2. The van der Waals surface area contributed by atoms with Crippen molar-refractivity contribution < 1.29 is 19.8 Å². The number of amides is 1. The molecule has 8 heteroatoms. The second kappa shape index (κ2) is 5.46. The number of rotatable bonds is 5. The summed E-state index contributed by atoms with van der Waals surface area (Å²) in [6, 6.07) is 2.40. The number of aliphatic hydroxyl groups is 1. The molecule has 5 N–H and O–H groups in total. The highest BCUT2D eigenvalue weighted by Crippen LogP contribution is 2.14. The number of hydrogen-bond donors (Lipinski definition) is 4. The summed E-state index contributed by atoms with van der Waals surface area (Å²) in [5.41, 5.74) is 4.78. The number of aliphatic hydroxyl groups excluding tert-OH is 1. The third-order valence-corrected chi connectivity index (χ3v) is 2.04. The van der Waals surface area contributed by atoms with Gasteiger partial charge in [0.15, 0.2) is 0 Å². The molecule has 0 fully saturated rings. The SMILES string of the molecule is NC(=O)C(O)CNc1cc(C(=O)O)cc(Cl)n1. The van der Waals surface area contributed by atoms with E-state index in [-0.39, 0.29) is 23.1 Å². The Kier molecular flexibility index (Phi) is 4.24. The number of primary amides is 1. The third kappa shape index (κ3) is 3.89. The molecule has 1 unspecified atom stereocenters. The Morgan fingerprint density at radius 2 is 2.18 bits per heavy atom. The van der Waals surface area contributed by atoms with Crippen LogP contribution in [0.4, 0.5) is 5.82 Å². The molecule has 0 aliphatic heterocycles. The quantitative estimate of drug-likeness (QED) is 0.538. The van der Waals surface area contributed by atoms with Crippen molar-refractivity contribution in [1.82, 2.24) is 4.98 Å². The van der Waals surface area contributed by atoms with Crippen molar-refractivity contribution in [3.05, 3.63) is 22.8 Å². The van der Waals surface area contributed by atoms with Gasteiger partial charge in [0.05, 0.1) is 12.1 Å². The fourth-order valence-corrected chi connectivity index (χ4v) is 1.22. The maximum absolute atomic E-state index is 10.7. The molecule has 0 aliphatic carbocycles. The molecule has 1 aromatic rings. The van der Waals surface area contributed by atoms with Gasteiger partial charge in [0.2, 0.25) is 5.91 Å². The van der Waals surface area contributed by atoms with E-state index in [2.05, 4.69) is 10.3 Å². The number of anilines is 1. The first-order chi connectivity index (χ1) is 7.90. The van der Waals surface area contributed by atoms with E-state index in [4.69, 9.17) is 27.5 Å². The number of hydrogen-bond acceptors (Lipinski definition) is 5. The Balaban J connectivity index is 2.78. The maximum atomic E-state index is 10.7. The van der Waals surface area contributed by atoms with E-state index < -0.39 is 18.0 Å². The smallest absolute Gasteiger partial charge is 0.335 e. The number of halogens is 1. The van der Waals surface area contributed by atoms with Gasteiger partial charge in [0, 0.05) is 0 Å². The first-order valence-electron chi connectivity index (χ1n) is 4.52. The topological polar surface area (TPSA) is 126 Å². The number of carboxylic acids is 1. The largest absolute Gasteiger partial charge is 0.478 e. The number of aromatic carboxylic acids is 1. The number of nitrogens with two attached hydrogens (primary N) is 1. The average molecular weight is 260 g/mol. The van der Waals surface area contributed by atoms with E-state index >= 15 is 0 Å². The van der Waals surface area contributed by atoms with E-state index in [9.17, 15) is 9.59 Å². The van der Waals surface area contributed by atoms with Crippen molar-refractivity contribution >= 4 is 29.3 Å². The Labute approximate surface area is 101 Å². The monoisotopic (exact) mass is 259 g/mol. The fraction of sp³-hybridized carbons (Fsp3) is 0.222. The van der Waals surface area contributed by atoms with Gasteiger partial charge in [0.1, 0.15) is 17.1 Å². The Morgan fingerprint density at radius 1 is 1.53 bits per heavy atom. The van der Waals surface area contributed by atoms with Crippen LogP contribution < -0.4 is 11.1 Å². The van der Waals surface area contributed by atoms with Gasteiger partial charge in [-0.05, 0) is 12.1 Å². The molecule has 0 aromatic carbocycles. The number of nitrogens with zero attached hydrogens (tertiary/aromatic N) is 1. The molecule has 1 rings (SSSR count). The van der Waals surface area contributed by atoms with Gasteiger partial charge in [0.25, 0.3) is 0 Å². The molecule has 0 spiro atoms. The first-order valence-corrected chi connectivity index (χ1v) is 4.90. The van der Waals surface area contributed by atoms with Crippen LogP contribution in [-0.4, -0.2) is 39.7 Å². The van der Waals surface area contributed by atoms with E-state index in [1.807, 2.05) is 0 Å². The van der Waals surface area contributed by atoms with Gasteiger partial charge in [-0.1, -0.05) is 11.6 Å². The highest BCUT2D eigenvalue weighted by molar-refractivity contribution is 6.29. The highest BCUT2D eigenvalue weighted by atomic mass is 35.5. The lowest BCUT2D eigenvalue weighted by atomic mass is 10.2. The number of carboxylic acid groups (broad SMARTS) is 1. The summed E-state index contributed by atoms with van der Waals surface area (Å²) in [7, 11) is 0. The van der Waals surface area contributed by atoms with Crippen LogP contribution in [0.1, 0.15) is 10.4 Å². The van der Waals surface area contributed by atoms with E-state index in [0.717, 1.165) is 0 Å².